The van der Waals surface area contributed by atoms with Gasteiger partial charge in [0.05, 0.1) is 10.9 Å². The summed E-state index contributed by atoms with van der Waals surface area (Å²) in [7, 11) is 0. The molecule has 1 atom stereocenters. The van der Waals surface area contributed by atoms with E-state index in [-0.39, 0.29) is 11.7 Å². The van der Waals surface area contributed by atoms with E-state index in [1.54, 1.807) is 0 Å². The molecule has 1 aromatic heterocycles. The first-order valence-corrected chi connectivity index (χ1v) is 5.80. The number of carbonyl (C=O) groups is 1. The van der Waals surface area contributed by atoms with Crippen LogP contribution in [-0.4, -0.2) is 23.0 Å². The molecule has 0 spiro atoms. The number of amidine groups is 1. The topological polar surface area (TPSA) is 87.7 Å². The number of nitrogens with one attached hydrogen (secondary N) is 1. The van der Waals surface area contributed by atoms with Gasteiger partial charge in [-0.05, 0) is 30.4 Å². The van der Waals surface area contributed by atoms with E-state index in [1.165, 1.54) is 11.3 Å². The fourth-order valence-electron chi connectivity index (χ4n) is 1.28. The SMILES string of the molecule is CCC(NC(=O)c1sccc1C)/C(N)=N/O. The second kappa shape index (κ2) is 5.50. The minimum atomic E-state index is -0.431. The van der Waals surface area contributed by atoms with Crippen LogP contribution in [0.4, 0.5) is 0 Å². The standard InChI is InChI=1S/C10H15N3O2S/c1-3-7(9(11)13-15)12-10(14)8-6(2)4-5-16-8/h4-5,7,15H,3H2,1-2H3,(H2,11,13)(H,12,14). The van der Waals surface area contributed by atoms with Crippen LogP contribution in [0.2, 0.25) is 0 Å². The van der Waals surface area contributed by atoms with Gasteiger partial charge >= 0.3 is 0 Å². The van der Waals surface area contributed by atoms with Gasteiger partial charge in [-0.2, -0.15) is 0 Å². The molecule has 0 radical (unpaired) electrons. The maximum atomic E-state index is 11.8. The maximum Gasteiger partial charge on any atom is 0.262 e. The van der Waals surface area contributed by atoms with Crippen molar-refractivity contribution in [2.75, 3.05) is 0 Å². The molecule has 5 nitrogen and oxygen atoms in total. The fraction of sp³-hybridized carbons (Fsp3) is 0.400. The molecule has 0 aromatic carbocycles. The fourth-order valence-corrected chi connectivity index (χ4v) is 2.11. The van der Waals surface area contributed by atoms with Crippen LogP contribution in [0.25, 0.3) is 0 Å². The highest BCUT2D eigenvalue weighted by atomic mass is 32.1. The average Bonchev–Trinajstić information content (AvgIpc) is 2.71. The van der Waals surface area contributed by atoms with E-state index >= 15 is 0 Å². The Balaban J connectivity index is 2.74. The van der Waals surface area contributed by atoms with Gasteiger partial charge in [0.2, 0.25) is 0 Å². The third-order valence-corrected chi connectivity index (χ3v) is 3.27. The molecule has 0 aliphatic carbocycles. The molecule has 16 heavy (non-hydrogen) atoms. The average molecular weight is 241 g/mol. The summed E-state index contributed by atoms with van der Waals surface area (Å²) in [5, 5.41) is 16.0. The van der Waals surface area contributed by atoms with Crippen LogP contribution in [0.5, 0.6) is 0 Å². The van der Waals surface area contributed by atoms with Crippen molar-refractivity contribution in [3.8, 4) is 0 Å². The Bertz CT molecular complexity index is 401. The van der Waals surface area contributed by atoms with Gasteiger partial charge in [0.15, 0.2) is 5.84 Å². The molecule has 88 valence electrons. The smallest absolute Gasteiger partial charge is 0.262 e. The van der Waals surface area contributed by atoms with Gasteiger partial charge in [0.25, 0.3) is 5.91 Å². The second-order valence-corrected chi connectivity index (χ2v) is 4.31. The van der Waals surface area contributed by atoms with Gasteiger partial charge in [0, 0.05) is 0 Å². The number of aryl methyl sites for hydroxylation is 1. The van der Waals surface area contributed by atoms with E-state index in [0.29, 0.717) is 11.3 Å². The highest BCUT2D eigenvalue weighted by Gasteiger charge is 2.17. The lowest BCUT2D eigenvalue weighted by atomic mass is 10.2. The van der Waals surface area contributed by atoms with Crippen LogP contribution in [-0.2, 0) is 0 Å². The van der Waals surface area contributed by atoms with E-state index in [4.69, 9.17) is 10.9 Å². The number of thiophene rings is 1. The molecule has 4 N–H and O–H groups in total. The predicted molar refractivity (Wildman–Crippen MR) is 64.0 cm³/mol. The number of amides is 1. The molecule has 0 bridgehead atoms. The van der Waals surface area contributed by atoms with Crippen molar-refractivity contribution in [3.05, 3.63) is 21.9 Å². The number of oxime groups is 1. The molecule has 0 fully saturated rings. The van der Waals surface area contributed by atoms with Gasteiger partial charge in [-0.1, -0.05) is 12.1 Å². The first kappa shape index (κ1) is 12.5. The third kappa shape index (κ3) is 2.73. The van der Waals surface area contributed by atoms with Crippen LogP contribution < -0.4 is 11.1 Å². The lowest BCUT2D eigenvalue weighted by molar-refractivity contribution is 0.0949. The Morgan fingerprint density at radius 2 is 2.44 bits per heavy atom. The van der Waals surface area contributed by atoms with Crippen molar-refractivity contribution in [3.63, 3.8) is 0 Å². The Morgan fingerprint density at radius 3 is 2.88 bits per heavy atom. The molecule has 1 heterocycles. The second-order valence-electron chi connectivity index (χ2n) is 3.39. The zero-order chi connectivity index (χ0) is 12.1. The van der Waals surface area contributed by atoms with Crippen molar-refractivity contribution in [1.82, 2.24) is 5.32 Å². The number of nitrogens with zero attached hydrogens (tertiary/aromatic N) is 1. The number of hydrogen-bond acceptors (Lipinski definition) is 4. The van der Waals surface area contributed by atoms with Gasteiger partial charge in [-0.25, -0.2) is 0 Å². The Labute approximate surface area is 98.0 Å². The zero-order valence-corrected chi connectivity index (χ0v) is 10.0. The van der Waals surface area contributed by atoms with Crippen molar-refractivity contribution < 1.29 is 10.0 Å². The summed E-state index contributed by atoms with van der Waals surface area (Å²) >= 11 is 1.37. The highest BCUT2D eigenvalue weighted by Crippen LogP contribution is 2.15. The molecule has 0 aliphatic heterocycles. The van der Waals surface area contributed by atoms with Crippen LogP contribution in [0, 0.1) is 6.92 Å². The summed E-state index contributed by atoms with van der Waals surface area (Å²) in [6.45, 7) is 3.72. The molecule has 0 saturated carbocycles. The van der Waals surface area contributed by atoms with Crippen molar-refractivity contribution >= 4 is 23.1 Å². The van der Waals surface area contributed by atoms with E-state index in [0.717, 1.165) is 5.56 Å². The first-order chi connectivity index (χ1) is 7.60. The van der Waals surface area contributed by atoms with Gasteiger partial charge in [-0.15, -0.1) is 11.3 Å². The summed E-state index contributed by atoms with van der Waals surface area (Å²) in [5.74, 6) is -0.170. The Hall–Kier alpha value is -1.56. The third-order valence-electron chi connectivity index (χ3n) is 2.25. The molecule has 1 rings (SSSR count). The largest absolute Gasteiger partial charge is 0.409 e. The molecule has 0 saturated heterocycles. The van der Waals surface area contributed by atoms with Crippen molar-refractivity contribution in [2.24, 2.45) is 10.9 Å². The number of nitrogens with two attached hydrogens (primary N) is 1. The number of carbonyl (C=O) groups excluding carboxylic acids is 1. The zero-order valence-electron chi connectivity index (χ0n) is 9.23. The first-order valence-electron chi connectivity index (χ1n) is 4.92. The molecule has 1 aromatic rings. The molecular weight excluding hydrogens is 226 g/mol. The van der Waals surface area contributed by atoms with Gasteiger partial charge in [-0.3, -0.25) is 4.79 Å². The summed E-state index contributed by atoms with van der Waals surface area (Å²) in [4.78, 5) is 12.5. The minimum Gasteiger partial charge on any atom is -0.409 e. The van der Waals surface area contributed by atoms with Crippen LogP contribution in [0.1, 0.15) is 28.6 Å². The van der Waals surface area contributed by atoms with Crippen LogP contribution in [0.15, 0.2) is 16.6 Å². The molecule has 1 unspecified atom stereocenters. The van der Waals surface area contributed by atoms with E-state index in [2.05, 4.69) is 10.5 Å². The van der Waals surface area contributed by atoms with E-state index in [1.807, 2.05) is 25.3 Å². The molecule has 6 heteroatoms. The Kier molecular flexibility index (Phi) is 4.30. The molecule has 1 amide bonds. The summed E-state index contributed by atoms with van der Waals surface area (Å²) in [5.41, 5.74) is 6.38. The van der Waals surface area contributed by atoms with Crippen LogP contribution in [0.3, 0.4) is 0 Å². The summed E-state index contributed by atoms with van der Waals surface area (Å²) < 4.78 is 0. The highest BCUT2D eigenvalue weighted by molar-refractivity contribution is 7.12. The maximum absolute atomic E-state index is 11.8. The van der Waals surface area contributed by atoms with E-state index < -0.39 is 6.04 Å². The lowest BCUT2D eigenvalue weighted by Crippen LogP contribution is -2.44. The Morgan fingerprint density at radius 1 is 1.75 bits per heavy atom. The monoisotopic (exact) mass is 241 g/mol. The van der Waals surface area contributed by atoms with Crippen LogP contribution >= 0.6 is 11.3 Å². The minimum absolute atomic E-state index is 0.0186. The summed E-state index contributed by atoms with van der Waals surface area (Å²) in [6, 6.07) is 1.45. The van der Waals surface area contributed by atoms with Gasteiger partial charge < -0.3 is 16.3 Å². The molecule has 0 aliphatic rings. The van der Waals surface area contributed by atoms with Gasteiger partial charge in [0.1, 0.15) is 0 Å². The lowest BCUT2D eigenvalue weighted by Gasteiger charge is -2.14. The number of rotatable bonds is 4. The molecular formula is C10H15N3O2S. The normalized spacial score (nSPS) is 13.5. The van der Waals surface area contributed by atoms with E-state index in [9.17, 15) is 4.79 Å². The number of hydrogen-bond donors (Lipinski definition) is 3. The van der Waals surface area contributed by atoms with Crippen molar-refractivity contribution in [1.29, 1.82) is 0 Å². The predicted octanol–water partition coefficient (Wildman–Crippen LogP) is 1.31. The quantitative estimate of drug-likeness (QED) is 0.321. The van der Waals surface area contributed by atoms with Crippen molar-refractivity contribution in [2.45, 2.75) is 26.3 Å². The summed E-state index contributed by atoms with van der Waals surface area (Å²) in [6.07, 6.45) is 0.575.